The van der Waals surface area contributed by atoms with Gasteiger partial charge in [-0.1, -0.05) is 121 Å². The van der Waals surface area contributed by atoms with Gasteiger partial charge in [0.2, 0.25) is 0 Å². The third-order valence-corrected chi connectivity index (χ3v) is 7.31. The molecule has 0 amide bonds. The zero-order chi connectivity index (χ0) is 28.8. The van der Waals surface area contributed by atoms with Crippen molar-refractivity contribution in [2.24, 2.45) is 0 Å². The van der Waals surface area contributed by atoms with Gasteiger partial charge >= 0.3 is 0 Å². The quantitative estimate of drug-likeness (QED) is 0.157. The third-order valence-electron chi connectivity index (χ3n) is 7.31. The number of rotatable bonds is 15. The zero-order valence-corrected chi connectivity index (χ0v) is 23.7. The molecule has 1 fully saturated rings. The van der Waals surface area contributed by atoms with Crippen molar-refractivity contribution in [3.63, 3.8) is 0 Å². The maximum atomic E-state index is 11.8. The molecule has 6 nitrogen and oxygen atoms in total. The first-order chi connectivity index (χ1) is 20.8. The standard InChI is InChI=1S/C36H38O6/c37-22-21-32-34(39-24-29-15-7-2-8-16-29)36(41-26-31-19-11-4-12-20-31)35(40-25-30-17-9-3-10-18-30)33(42-32)27-38-23-28-13-5-1-6-14-28/h1-20,22,32-36H,21,23-27H2/t32-,33-,34-,35-,36-/m1/s1. The molecule has 0 aliphatic carbocycles. The second-order valence-electron chi connectivity index (χ2n) is 10.4. The molecule has 1 saturated heterocycles. The van der Waals surface area contributed by atoms with Gasteiger partial charge in [-0.15, -0.1) is 0 Å². The van der Waals surface area contributed by atoms with Crippen LogP contribution in [-0.2, 0) is 54.9 Å². The van der Waals surface area contributed by atoms with Gasteiger partial charge in [-0.2, -0.15) is 0 Å². The molecule has 0 saturated carbocycles. The van der Waals surface area contributed by atoms with E-state index in [4.69, 9.17) is 23.7 Å². The second kappa shape index (κ2) is 16.1. The normalized spacial score (nSPS) is 22.0. The number of carbonyl (C=O) groups is 1. The predicted octanol–water partition coefficient (Wildman–Crippen LogP) is 6.32. The lowest BCUT2D eigenvalue weighted by Gasteiger charge is -2.46. The van der Waals surface area contributed by atoms with Crippen LogP contribution in [0, 0.1) is 0 Å². The second-order valence-corrected chi connectivity index (χ2v) is 10.4. The molecule has 4 aromatic carbocycles. The van der Waals surface area contributed by atoms with Crippen LogP contribution in [-0.4, -0.2) is 43.4 Å². The summed E-state index contributed by atoms with van der Waals surface area (Å²) in [6.07, 6.45) is -1.50. The lowest BCUT2D eigenvalue weighted by Crippen LogP contribution is -2.61. The molecule has 4 aromatic rings. The minimum Gasteiger partial charge on any atom is -0.374 e. The van der Waals surface area contributed by atoms with Crippen molar-refractivity contribution in [1.29, 1.82) is 0 Å². The van der Waals surface area contributed by atoms with Crippen LogP contribution >= 0.6 is 0 Å². The van der Waals surface area contributed by atoms with Crippen molar-refractivity contribution in [2.75, 3.05) is 6.61 Å². The minimum atomic E-state index is -0.537. The molecule has 0 bridgehead atoms. The Hall–Kier alpha value is -3.65. The van der Waals surface area contributed by atoms with Gasteiger partial charge in [0.1, 0.15) is 30.7 Å². The van der Waals surface area contributed by atoms with E-state index < -0.39 is 30.5 Å². The van der Waals surface area contributed by atoms with Crippen LogP contribution in [0.25, 0.3) is 0 Å². The Kier molecular flexibility index (Phi) is 11.4. The van der Waals surface area contributed by atoms with Crippen LogP contribution in [0.1, 0.15) is 28.7 Å². The van der Waals surface area contributed by atoms with Crippen molar-refractivity contribution in [2.45, 2.75) is 63.4 Å². The molecule has 5 rings (SSSR count). The van der Waals surface area contributed by atoms with Crippen LogP contribution in [0.2, 0.25) is 0 Å². The molecule has 0 unspecified atom stereocenters. The van der Waals surface area contributed by atoms with E-state index in [1.54, 1.807) is 0 Å². The maximum absolute atomic E-state index is 11.8. The number of ether oxygens (including phenoxy) is 5. The Morgan fingerprint density at radius 3 is 1.31 bits per heavy atom. The number of carbonyl (C=O) groups excluding carboxylic acids is 1. The molecule has 218 valence electrons. The maximum Gasteiger partial charge on any atom is 0.122 e. The molecular formula is C36H38O6. The average molecular weight is 567 g/mol. The van der Waals surface area contributed by atoms with E-state index in [1.165, 1.54) is 0 Å². The topological polar surface area (TPSA) is 63.2 Å². The lowest BCUT2D eigenvalue weighted by atomic mass is 9.92. The first-order valence-corrected chi connectivity index (χ1v) is 14.5. The van der Waals surface area contributed by atoms with Crippen molar-refractivity contribution in [3.8, 4) is 0 Å². The molecule has 0 radical (unpaired) electrons. The van der Waals surface area contributed by atoms with E-state index in [1.807, 2.05) is 121 Å². The molecular weight excluding hydrogens is 528 g/mol. The van der Waals surface area contributed by atoms with E-state index in [0.717, 1.165) is 28.5 Å². The predicted molar refractivity (Wildman–Crippen MR) is 160 cm³/mol. The van der Waals surface area contributed by atoms with Gasteiger partial charge in [0.15, 0.2) is 0 Å². The first-order valence-electron chi connectivity index (χ1n) is 14.5. The molecule has 0 N–H and O–H groups in total. The van der Waals surface area contributed by atoms with Crippen LogP contribution in [0.15, 0.2) is 121 Å². The number of benzene rings is 4. The first kappa shape index (κ1) is 29.8. The Balaban J connectivity index is 1.40. The fourth-order valence-electron chi connectivity index (χ4n) is 5.17. The number of aldehydes is 1. The average Bonchev–Trinajstić information content (AvgIpc) is 3.05. The highest BCUT2D eigenvalue weighted by Gasteiger charge is 2.48. The molecule has 6 heteroatoms. The van der Waals surface area contributed by atoms with Gasteiger partial charge in [-0.3, -0.25) is 0 Å². The summed E-state index contributed by atoms with van der Waals surface area (Å²) < 4.78 is 32.5. The summed E-state index contributed by atoms with van der Waals surface area (Å²) in [4.78, 5) is 11.8. The number of hydrogen-bond donors (Lipinski definition) is 0. The van der Waals surface area contributed by atoms with E-state index in [2.05, 4.69) is 0 Å². The highest BCUT2D eigenvalue weighted by atomic mass is 16.6. The van der Waals surface area contributed by atoms with Gasteiger partial charge in [-0.25, -0.2) is 0 Å². The monoisotopic (exact) mass is 566 g/mol. The molecule has 5 atom stereocenters. The Morgan fingerprint density at radius 2 is 0.881 bits per heavy atom. The van der Waals surface area contributed by atoms with Gasteiger partial charge in [0.05, 0.1) is 39.1 Å². The summed E-state index contributed by atoms with van der Waals surface area (Å²) >= 11 is 0. The van der Waals surface area contributed by atoms with Crippen LogP contribution in [0.3, 0.4) is 0 Å². The highest BCUT2D eigenvalue weighted by molar-refractivity contribution is 5.50. The summed E-state index contributed by atoms with van der Waals surface area (Å²) in [5.41, 5.74) is 4.18. The van der Waals surface area contributed by atoms with Crippen molar-refractivity contribution < 1.29 is 28.5 Å². The lowest BCUT2D eigenvalue weighted by molar-refractivity contribution is -0.272. The van der Waals surface area contributed by atoms with E-state index in [9.17, 15) is 4.79 Å². The van der Waals surface area contributed by atoms with Crippen molar-refractivity contribution >= 4 is 6.29 Å². The van der Waals surface area contributed by atoms with E-state index in [0.29, 0.717) is 26.4 Å². The van der Waals surface area contributed by atoms with Gasteiger partial charge in [-0.05, 0) is 22.3 Å². The molecule has 42 heavy (non-hydrogen) atoms. The minimum absolute atomic E-state index is 0.172. The summed E-state index contributed by atoms with van der Waals surface area (Å²) in [7, 11) is 0. The molecule has 1 aliphatic rings. The Morgan fingerprint density at radius 1 is 0.500 bits per heavy atom. The van der Waals surface area contributed by atoms with Crippen LogP contribution in [0.5, 0.6) is 0 Å². The highest BCUT2D eigenvalue weighted by Crippen LogP contribution is 2.32. The smallest absolute Gasteiger partial charge is 0.122 e. The largest absolute Gasteiger partial charge is 0.374 e. The fourth-order valence-corrected chi connectivity index (χ4v) is 5.17. The van der Waals surface area contributed by atoms with Gasteiger partial charge in [0, 0.05) is 6.42 Å². The Labute approximate surface area is 248 Å². The van der Waals surface area contributed by atoms with Crippen molar-refractivity contribution in [3.05, 3.63) is 144 Å². The van der Waals surface area contributed by atoms with E-state index >= 15 is 0 Å². The Bertz CT molecular complexity index is 1300. The van der Waals surface area contributed by atoms with Crippen LogP contribution in [0.4, 0.5) is 0 Å². The fraction of sp³-hybridized carbons (Fsp3) is 0.306. The van der Waals surface area contributed by atoms with Crippen LogP contribution < -0.4 is 0 Å². The summed E-state index contributed by atoms with van der Waals surface area (Å²) in [5.74, 6) is 0. The molecule has 1 aliphatic heterocycles. The van der Waals surface area contributed by atoms with Gasteiger partial charge in [0.25, 0.3) is 0 Å². The van der Waals surface area contributed by atoms with Gasteiger partial charge < -0.3 is 28.5 Å². The summed E-state index contributed by atoms with van der Waals surface area (Å²) in [6, 6.07) is 40.0. The summed E-state index contributed by atoms with van der Waals surface area (Å²) in [5, 5.41) is 0. The van der Waals surface area contributed by atoms with Crippen molar-refractivity contribution in [1.82, 2.24) is 0 Å². The molecule has 1 heterocycles. The number of hydrogen-bond acceptors (Lipinski definition) is 6. The summed E-state index contributed by atoms with van der Waals surface area (Å²) in [6.45, 7) is 1.82. The SMILES string of the molecule is O=CC[C@H]1O[C@H](COCc2ccccc2)[C@@H](OCc2ccccc2)[C@H](OCc2ccccc2)[C@@H]1OCc1ccccc1. The zero-order valence-electron chi connectivity index (χ0n) is 23.7. The molecule has 0 aromatic heterocycles. The van der Waals surface area contributed by atoms with E-state index in [-0.39, 0.29) is 13.0 Å². The third kappa shape index (κ3) is 8.68. The molecule has 0 spiro atoms.